The maximum atomic E-state index is 10.5. The Morgan fingerprint density at radius 3 is 3.00 bits per heavy atom. The summed E-state index contributed by atoms with van der Waals surface area (Å²) in [4.78, 5) is 16.5. The van der Waals surface area contributed by atoms with E-state index in [4.69, 9.17) is 10.1 Å². The maximum Gasteiger partial charge on any atom is 0.303 e. The lowest BCUT2D eigenvalue weighted by Crippen LogP contribution is -2.16. The number of carboxylic acids is 1. The number of carboxylic acid groups (broad SMARTS) is 1. The van der Waals surface area contributed by atoms with Gasteiger partial charge in [-0.15, -0.1) is 23.5 Å². The molecule has 19 heavy (non-hydrogen) atoms. The largest absolute Gasteiger partial charge is 0.481 e. The second-order valence-electron chi connectivity index (χ2n) is 4.28. The number of nitrogens with zero attached hydrogens (tertiary/aromatic N) is 1. The molecule has 0 amide bonds. The van der Waals surface area contributed by atoms with Gasteiger partial charge in [0, 0.05) is 11.3 Å². The van der Waals surface area contributed by atoms with Gasteiger partial charge in [-0.3, -0.25) is 4.79 Å². The second kappa shape index (κ2) is 7.01. The summed E-state index contributed by atoms with van der Waals surface area (Å²) >= 11 is 3.56. The van der Waals surface area contributed by atoms with Gasteiger partial charge in [0.25, 0.3) is 0 Å². The smallest absolute Gasteiger partial charge is 0.303 e. The summed E-state index contributed by atoms with van der Waals surface area (Å²) in [6.45, 7) is 2.17. The van der Waals surface area contributed by atoms with E-state index in [2.05, 4.69) is 13.0 Å². The zero-order chi connectivity index (χ0) is 13.7. The molecule has 0 saturated carbocycles. The summed E-state index contributed by atoms with van der Waals surface area (Å²) < 4.78 is 0. The third-order valence-corrected chi connectivity index (χ3v) is 5.55. The summed E-state index contributed by atoms with van der Waals surface area (Å²) in [5, 5.41) is 10.2. The van der Waals surface area contributed by atoms with Gasteiger partial charge in [-0.05, 0) is 30.7 Å². The molecule has 1 unspecified atom stereocenters. The van der Waals surface area contributed by atoms with E-state index in [0.717, 1.165) is 22.9 Å². The fourth-order valence-electron chi connectivity index (χ4n) is 1.83. The zero-order valence-corrected chi connectivity index (χ0v) is 12.5. The first-order valence-corrected chi connectivity index (χ1v) is 8.26. The van der Waals surface area contributed by atoms with Gasteiger partial charge in [-0.1, -0.05) is 19.1 Å². The van der Waals surface area contributed by atoms with Crippen molar-refractivity contribution in [2.24, 2.45) is 4.99 Å². The molecule has 1 N–H and O–H groups in total. The highest BCUT2D eigenvalue weighted by molar-refractivity contribution is 8.16. The zero-order valence-electron chi connectivity index (χ0n) is 10.8. The summed E-state index contributed by atoms with van der Waals surface area (Å²) in [5.74, 6) is 0.0996. The molecular formula is C14H17NO2S2. The van der Waals surface area contributed by atoms with Crippen molar-refractivity contribution in [1.82, 2.24) is 0 Å². The van der Waals surface area contributed by atoms with Crippen LogP contribution in [0.25, 0.3) is 0 Å². The van der Waals surface area contributed by atoms with E-state index >= 15 is 0 Å². The summed E-state index contributed by atoms with van der Waals surface area (Å²) in [7, 11) is 0. The maximum absolute atomic E-state index is 10.5. The first-order chi connectivity index (χ1) is 9.20. The summed E-state index contributed by atoms with van der Waals surface area (Å²) in [6, 6.07) is 8.19. The predicted octanol–water partition coefficient (Wildman–Crippen LogP) is 4.20. The molecule has 0 aromatic heterocycles. The van der Waals surface area contributed by atoms with Gasteiger partial charge in [0.05, 0.1) is 16.0 Å². The highest BCUT2D eigenvalue weighted by Crippen LogP contribution is 2.41. The third kappa shape index (κ3) is 4.01. The van der Waals surface area contributed by atoms with Crippen molar-refractivity contribution >= 4 is 40.2 Å². The third-order valence-electron chi connectivity index (χ3n) is 2.80. The first-order valence-electron chi connectivity index (χ1n) is 6.39. The molecule has 102 valence electrons. The highest BCUT2D eigenvalue weighted by atomic mass is 32.2. The molecular weight excluding hydrogens is 278 g/mol. The van der Waals surface area contributed by atoms with Crippen LogP contribution in [0, 0.1) is 0 Å². The van der Waals surface area contributed by atoms with E-state index in [-0.39, 0.29) is 6.42 Å². The fraction of sp³-hybridized carbons (Fsp3) is 0.429. The van der Waals surface area contributed by atoms with Crippen LogP contribution >= 0.6 is 23.5 Å². The molecule has 1 atom stereocenters. The van der Waals surface area contributed by atoms with E-state index in [1.54, 1.807) is 11.8 Å². The Kier molecular flexibility index (Phi) is 5.34. The molecule has 0 radical (unpaired) electrons. The predicted molar refractivity (Wildman–Crippen MR) is 82.8 cm³/mol. The molecule has 1 aromatic rings. The molecule has 1 aliphatic heterocycles. The number of aliphatic carboxylic acids is 1. The van der Waals surface area contributed by atoms with Crippen LogP contribution in [0.15, 0.2) is 34.2 Å². The molecule has 1 aromatic carbocycles. The van der Waals surface area contributed by atoms with Gasteiger partial charge in [0.2, 0.25) is 0 Å². The van der Waals surface area contributed by atoms with E-state index in [9.17, 15) is 4.79 Å². The monoisotopic (exact) mass is 295 g/mol. The number of carbonyl (C=O) groups is 1. The van der Waals surface area contributed by atoms with Crippen molar-refractivity contribution in [3.63, 3.8) is 0 Å². The molecule has 5 heteroatoms. The lowest BCUT2D eigenvalue weighted by molar-refractivity contribution is -0.137. The molecule has 2 rings (SSSR count). The molecule has 0 bridgehead atoms. The average molecular weight is 295 g/mol. The lowest BCUT2D eigenvalue weighted by Gasteiger charge is -2.22. The number of fused-ring (bicyclic) bond motifs is 1. The van der Waals surface area contributed by atoms with Crippen LogP contribution in [0.4, 0.5) is 5.69 Å². The Labute approximate surface area is 121 Å². The Morgan fingerprint density at radius 1 is 1.47 bits per heavy atom. The van der Waals surface area contributed by atoms with E-state index < -0.39 is 5.97 Å². The topological polar surface area (TPSA) is 49.7 Å². The van der Waals surface area contributed by atoms with Crippen LogP contribution in [-0.2, 0) is 4.79 Å². The van der Waals surface area contributed by atoms with Gasteiger partial charge in [-0.25, -0.2) is 4.99 Å². The van der Waals surface area contributed by atoms with Crippen LogP contribution in [0.2, 0.25) is 0 Å². The SMILES string of the molecule is CCC1Sc2ccccc2N=C1SCCCC(=O)O. The fourth-order valence-corrected chi connectivity index (χ4v) is 4.21. The standard InChI is InChI=1S/C14H17NO2S2/c1-2-11-14(18-9-5-8-13(16)17)15-10-6-3-4-7-12(10)19-11/h3-4,6-7,11H,2,5,8-9H2,1H3,(H,16,17). The number of rotatable bonds is 5. The quantitative estimate of drug-likeness (QED) is 0.827. The summed E-state index contributed by atoms with van der Waals surface area (Å²) in [5.41, 5.74) is 1.04. The number of hydrogen-bond donors (Lipinski definition) is 1. The number of aliphatic imine (C=N–C) groups is 1. The normalized spacial score (nSPS) is 17.7. The minimum absolute atomic E-state index is 0.237. The van der Waals surface area contributed by atoms with Crippen LogP contribution in [0.1, 0.15) is 26.2 Å². The number of benzene rings is 1. The summed E-state index contributed by atoms with van der Waals surface area (Å²) in [6.07, 6.45) is 1.98. The van der Waals surface area contributed by atoms with Crippen molar-refractivity contribution in [3.8, 4) is 0 Å². The van der Waals surface area contributed by atoms with Gasteiger partial charge in [-0.2, -0.15) is 0 Å². The Hall–Kier alpha value is -0.940. The van der Waals surface area contributed by atoms with Gasteiger partial charge >= 0.3 is 5.97 Å². The Morgan fingerprint density at radius 2 is 2.26 bits per heavy atom. The minimum Gasteiger partial charge on any atom is -0.481 e. The van der Waals surface area contributed by atoms with Crippen molar-refractivity contribution in [3.05, 3.63) is 24.3 Å². The van der Waals surface area contributed by atoms with Gasteiger partial charge in [0.1, 0.15) is 0 Å². The number of hydrogen-bond acceptors (Lipinski definition) is 4. The molecule has 0 aliphatic carbocycles. The van der Waals surface area contributed by atoms with Crippen molar-refractivity contribution in [2.45, 2.75) is 36.3 Å². The number of para-hydroxylation sites is 1. The Bertz CT molecular complexity index is 488. The van der Waals surface area contributed by atoms with Crippen LogP contribution in [0.3, 0.4) is 0 Å². The molecule has 3 nitrogen and oxygen atoms in total. The second-order valence-corrected chi connectivity index (χ2v) is 6.64. The van der Waals surface area contributed by atoms with Crippen LogP contribution < -0.4 is 0 Å². The van der Waals surface area contributed by atoms with Crippen molar-refractivity contribution in [2.75, 3.05) is 5.75 Å². The molecule has 0 fully saturated rings. The van der Waals surface area contributed by atoms with Crippen LogP contribution in [0.5, 0.6) is 0 Å². The van der Waals surface area contributed by atoms with Crippen molar-refractivity contribution in [1.29, 1.82) is 0 Å². The van der Waals surface area contributed by atoms with Crippen molar-refractivity contribution < 1.29 is 9.90 Å². The molecule has 1 aliphatic rings. The van der Waals surface area contributed by atoms with E-state index in [0.29, 0.717) is 11.7 Å². The molecule has 1 heterocycles. The molecule has 0 saturated heterocycles. The first kappa shape index (κ1) is 14.5. The average Bonchev–Trinajstić information content (AvgIpc) is 2.42. The lowest BCUT2D eigenvalue weighted by atomic mass is 10.3. The molecule has 0 spiro atoms. The van der Waals surface area contributed by atoms with Gasteiger partial charge in [0.15, 0.2) is 0 Å². The number of thioether (sulfide) groups is 2. The van der Waals surface area contributed by atoms with E-state index in [1.807, 2.05) is 30.0 Å². The van der Waals surface area contributed by atoms with E-state index in [1.165, 1.54) is 4.90 Å². The van der Waals surface area contributed by atoms with Gasteiger partial charge < -0.3 is 5.11 Å². The Balaban J connectivity index is 2.01. The minimum atomic E-state index is -0.724. The highest BCUT2D eigenvalue weighted by Gasteiger charge is 2.22. The van der Waals surface area contributed by atoms with Crippen LogP contribution in [-0.4, -0.2) is 27.1 Å².